The smallest absolute Gasteiger partial charge is 0.243 e. The molecule has 5 aromatic rings. The van der Waals surface area contributed by atoms with Crippen molar-refractivity contribution in [3.63, 3.8) is 0 Å². The zero-order valence-corrected chi connectivity index (χ0v) is 25.1. The molecule has 1 fully saturated rings. The van der Waals surface area contributed by atoms with Gasteiger partial charge in [0.1, 0.15) is 11.6 Å². The monoisotopic (exact) mass is 603 g/mol. The van der Waals surface area contributed by atoms with Crippen LogP contribution in [0.25, 0.3) is 11.0 Å². The number of nitrogens with zero attached hydrogens (tertiary/aromatic N) is 6. The Morgan fingerprint density at radius 3 is 2.44 bits per heavy atom. The molecular formula is C29H33N9O4S. The number of imidazole rings is 1. The van der Waals surface area contributed by atoms with Gasteiger partial charge in [0, 0.05) is 49.2 Å². The van der Waals surface area contributed by atoms with Crippen molar-refractivity contribution in [1.82, 2.24) is 29.0 Å². The largest absolute Gasteiger partial charge is 0.379 e. The van der Waals surface area contributed by atoms with Crippen LogP contribution in [0.4, 0.5) is 34.9 Å². The Kier molecular flexibility index (Phi) is 7.50. The Morgan fingerprint density at radius 2 is 1.67 bits per heavy atom. The lowest BCUT2D eigenvalue weighted by atomic mass is 9.93. The van der Waals surface area contributed by atoms with Crippen molar-refractivity contribution in [2.75, 3.05) is 42.3 Å². The van der Waals surface area contributed by atoms with Crippen LogP contribution < -0.4 is 16.0 Å². The van der Waals surface area contributed by atoms with Crippen molar-refractivity contribution in [2.45, 2.75) is 31.1 Å². The van der Waals surface area contributed by atoms with Gasteiger partial charge in [-0.05, 0) is 42.5 Å². The maximum atomic E-state index is 13.1. The molecule has 3 N–H and O–H groups in total. The molecule has 0 atom stereocenters. The minimum absolute atomic E-state index is 0.149. The number of aryl methyl sites for hydroxylation is 1. The van der Waals surface area contributed by atoms with Gasteiger partial charge in [0.2, 0.25) is 21.9 Å². The standard InChI is InChI=1S/C29H33N9O4S/c1-29(2,3)24-18-26(36-42-24)35-28-33-22-17-20(8-9-23(22)37(28)4)31-25-10-11-30-27(34-25)32-19-6-5-7-21(16-19)43(39,40)38-12-14-41-15-13-38/h5-11,16-18H,12-15H2,1-4H3,(H,33,35,36)(H2,30,31,32,34). The summed E-state index contributed by atoms with van der Waals surface area (Å²) in [6, 6.07) is 16.1. The molecule has 0 aliphatic carbocycles. The quantitative estimate of drug-likeness (QED) is 0.222. The number of benzene rings is 2. The van der Waals surface area contributed by atoms with Gasteiger partial charge < -0.3 is 29.8 Å². The van der Waals surface area contributed by atoms with E-state index < -0.39 is 10.0 Å². The van der Waals surface area contributed by atoms with Crippen LogP contribution in [0.3, 0.4) is 0 Å². The third kappa shape index (κ3) is 6.16. The molecule has 1 aliphatic heterocycles. The number of ether oxygens (including phenoxy) is 1. The fourth-order valence-corrected chi connectivity index (χ4v) is 6.08. The predicted molar refractivity (Wildman–Crippen MR) is 164 cm³/mol. The lowest BCUT2D eigenvalue weighted by Crippen LogP contribution is -2.40. The van der Waals surface area contributed by atoms with Crippen LogP contribution in [0.1, 0.15) is 26.5 Å². The second kappa shape index (κ2) is 11.3. The maximum Gasteiger partial charge on any atom is 0.243 e. The van der Waals surface area contributed by atoms with Gasteiger partial charge in [-0.2, -0.15) is 9.29 Å². The van der Waals surface area contributed by atoms with Gasteiger partial charge in [-0.15, -0.1) is 0 Å². The van der Waals surface area contributed by atoms with Crippen molar-refractivity contribution >= 4 is 56.0 Å². The van der Waals surface area contributed by atoms with Gasteiger partial charge in [0.25, 0.3) is 0 Å². The molecule has 2 aromatic carbocycles. The molecule has 4 heterocycles. The summed E-state index contributed by atoms with van der Waals surface area (Å²) in [6.07, 6.45) is 1.62. The van der Waals surface area contributed by atoms with E-state index in [1.807, 2.05) is 35.9 Å². The topological polar surface area (TPSA) is 152 Å². The summed E-state index contributed by atoms with van der Waals surface area (Å²) >= 11 is 0. The fourth-order valence-electron chi connectivity index (χ4n) is 4.63. The molecule has 43 heavy (non-hydrogen) atoms. The SMILES string of the molecule is Cn1c(Nc2cc(C(C)(C)C)on2)nc2cc(Nc3ccnc(Nc4cccc(S(=O)(=O)N5CCOCC5)c4)n3)ccc21. The Labute approximate surface area is 249 Å². The first-order valence-electron chi connectivity index (χ1n) is 13.8. The lowest BCUT2D eigenvalue weighted by molar-refractivity contribution is 0.0730. The molecule has 1 aliphatic rings. The Bertz CT molecular complexity index is 1870. The number of sulfonamides is 1. The average Bonchev–Trinajstić information content (AvgIpc) is 3.58. The van der Waals surface area contributed by atoms with Gasteiger partial charge in [-0.3, -0.25) is 0 Å². The number of hydrogen-bond donors (Lipinski definition) is 3. The molecule has 0 radical (unpaired) electrons. The van der Waals surface area contributed by atoms with Crippen molar-refractivity contribution < 1.29 is 17.7 Å². The number of anilines is 6. The Hall–Kier alpha value is -4.53. The number of nitrogens with one attached hydrogen (secondary N) is 3. The molecule has 0 spiro atoms. The van der Waals surface area contributed by atoms with Crippen molar-refractivity contribution in [3.05, 3.63) is 66.6 Å². The summed E-state index contributed by atoms with van der Waals surface area (Å²) < 4.78 is 40.3. The van der Waals surface area contributed by atoms with Crippen LogP contribution in [0.2, 0.25) is 0 Å². The summed E-state index contributed by atoms with van der Waals surface area (Å²) in [7, 11) is -1.70. The van der Waals surface area contributed by atoms with E-state index in [1.54, 1.807) is 36.5 Å². The highest BCUT2D eigenvalue weighted by Crippen LogP contribution is 2.29. The highest BCUT2D eigenvalue weighted by atomic mass is 32.2. The summed E-state index contributed by atoms with van der Waals surface area (Å²) in [4.78, 5) is 13.8. The minimum atomic E-state index is -3.63. The van der Waals surface area contributed by atoms with Crippen molar-refractivity contribution in [3.8, 4) is 0 Å². The van der Waals surface area contributed by atoms with Gasteiger partial charge in [0.05, 0.1) is 29.1 Å². The number of hydrogen-bond acceptors (Lipinski definition) is 11. The Morgan fingerprint density at radius 1 is 0.884 bits per heavy atom. The van der Waals surface area contributed by atoms with Gasteiger partial charge in [0.15, 0.2) is 5.82 Å². The first kappa shape index (κ1) is 28.6. The molecule has 0 saturated carbocycles. The van der Waals surface area contributed by atoms with E-state index >= 15 is 0 Å². The van der Waals surface area contributed by atoms with E-state index in [-0.39, 0.29) is 10.3 Å². The van der Waals surface area contributed by atoms with E-state index in [0.29, 0.717) is 55.5 Å². The zero-order chi connectivity index (χ0) is 30.2. The van der Waals surface area contributed by atoms with Crippen LogP contribution in [-0.4, -0.2) is 63.7 Å². The van der Waals surface area contributed by atoms with Gasteiger partial charge >= 0.3 is 0 Å². The highest BCUT2D eigenvalue weighted by molar-refractivity contribution is 7.89. The van der Waals surface area contributed by atoms with Gasteiger partial charge in [-0.25, -0.2) is 18.4 Å². The summed E-state index contributed by atoms with van der Waals surface area (Å²) in [5.74, 6) is 2.88. The van der Waals surface area contributed by atoms with E-state index in [0.717, 1.165) is 22.5 Å². The lowest BCUT2D eigenvalue weighted by Gasteiger charge is -2.26. The molecule has 0 amide bonds. The molecule has 6 rings (SSSR count). The maximum absolute atomic E-state index is 13.1. The van der Waals surface area contributed by atoms with Gasteiger partial charge in [-0.1, -0.05) is 32.0 Å². The summed E-state index contributed by atoms with van der Waals surface area (Å²) in [5.41, 5.74) is 2.91. The summed E-state index contributed by atoms with van der Waals surface area (Å²) in [5, 5.41) is 13.8. The average molecular weight is 604 g/mol. The van der Waals surface area contributed by atoms with Crippen molar-refractivity contribution in [1.29, 1.82) is 0 Å². The van der Waals surface area contributed by atoms with Crippen LogP contribution in [-0.2, 0) is 27.2 Å². The summed E-state index contributed by atoms with van der Waals surface area (Å²) in [6.45, 7) is 7.63. The third-order valence-electron chi connectivity index (χ3n) is 7.00. The van der Waals surface area contributed by atoms with E-state index in [1.165, 1.54) is 4.31 Å². The number of morpholine rings is 1. The molecule has 1 saturated heterocycles. The van der Waals surface area contributed by atoms with E-state index in [2.05, 4.69) is 51.8 Å². The molecule has 224 valence electrons. The van der Waals surface area contributed by atoms with Crippen molar-refractivity contribution in [2.24, 2.45) is 7.05 Å². The van der Waals surface area contributed by atoms with Crippen LogP contribution >= 0.6 is 0 Å². The first-order valence-corrected chi connectivity index (χ1v) is 15.3. The highest BCUT2D eigenvalue weighted by Gasteiger charge is 2.26. The number of fused-ring (bicyclic) bond motifs is 1. The molecule has 0 bridgehead atoms. The second-order valence-corrected chi connectivity index (χ2v) is 13.1. The second-order valence-electron chi connectivity index (χ2n) is 11.2. The minimum Gasteiger partial charge on any atom is -0.379 e. The molecule has 13 nitrogen and oxygen atoms in total. The normalized spacial score (nSPS) is 14.6. The first-order chi connectivity index (χ1) is 20.6. The van der Waals surface area contributed by atoms with E-state index in [4.69, 9.17) is 14.2 Å². The Balaban J connectivity index is 1.17. The fraction of sp³-hybridized carbons (Fsp3) is 0.310. The predicted octanol–water partition coefficient (Wildman–Crippen LogP) is 4.90. The zero-order valence-electron chi connectivity index (χ0n) is 24.3. The van der Waals surface area contributed by atoms with Crippen LogP contribution in [0, 0.1) is 0 Å². The molecule has 0 unspecified atom stereocenters. The molecular weight excluding hydrogens is 570 g/mol. The van der Waals surface area contributed by atoms with Crippen LogP contribution in [0.15, 0.2) is 70.2 Å². The molecule has 3 aromatic heterocycles. The molecule has 14 heteroatoms. The number of aromatic nitrogens is 5. The third-order valence-corrected chi connectivity index (χ3v) is 8.89. The van der Waals surface area contributed by atoms with Crippen LogP contribution in [0.5, 0.6) is 0 Å². The number of rotatable bonds is 8. The van der Waals surface area contributed by atoms with E-state index in [9.17, 15) is 8.42 Å².